The Morgan fingerprint density at radius 2 is 1.52 bits per heavy atom. The maximum Gasteiger partial charge on any atom is 0.283 e. The third-order valence-electron chi connectivity index (χ3n) is 5.03. The van der Waals surface area contributed by atoms with Crippen molar-refractivity contribution in [3.63, 3.8) is 0 Å². The van der Waals surface area contributed by atoms with E-state index >= 15 is 0 Å². The fourth-order valence-corrected chi connectivity index (χ4v) is 3.90. The van der Waals surface area contributed by atoms with E-state index in [0.717, 1.165) is 9.37 Å². The van der Waals surface area contributed by atoms with Gasteiger partial charge in [-0.05, 0) is 73.2 Å². The number of hydrogen-bond donors (Lipinski definition) is 2. The maximum atomic E-state index is 13.0. The third-order valence-corrected chi connectivity index (χ3v) is 6.31. The summed E-state index contributed by atoms with van der Waals surface area (Å²) in [5.74, 6) is -1.51. The summed E-state index contributed by atoms with van der Waals surface area (Å²) in [6.07, 6.45) is 0. The van der Waals surface area contributed by atoms with Crippen molar-refractivity contribution in [1.82, 2.24) is 0 Å². The van der Waals surface area contributed by atoms with Crippen LogP contribution in [0.2, 0.25) is 5.02 Å². The number of nitrogens with zero attached hydrogens (tertiary/aromatic N) is 1. The van der Waals surface area contributed by atoms with E-state index in [1.807, 2.05) is 12.1 Å². The first kappa shape index (κ1) is 23.0. The minimum absolute atomic E-state index is 0.0480. The molecule has 33 heavy (non-hydrogen) atoms. The van der Waals surface area contributed by atoms with E-state index in [9.17, 15) is 14.4 Å². The highest BCUT2D eigenvalue weighted by Crippen LogP contribution is 2.34. The highest BCUT2D eigenvalue weighted by atomic mass is 79.9. The molecule has 0 saturated heterocycles. The monoisotopic (exact) mass is 543 g/mol. The van der Waals surface area contributed by atoms with Gasteiger partial charge >= 0.3 is 0 Å². The number of amides is 3. The van der Waals surface area contributed by atoms with Crippen molar-refractivity contribution in [2.24, 2.45) is 0 Å². The normalized spacial score (nSPS) is 13.5. The van der Waals surface area contributed by atoms with Crippen molar-refractivity contribution in [3.05, 3.63) is 98.1 Å². The minimum Gasteiger partial charge on any atom is -0.350 e. The summed E-state index contributed by atoms with van der Waals surface area (Å²) >= 11 is 15.7. The van der Waals surface area contributed by atoms with Crippen molar-refractivity contribution < 1.29 is 14.4 Å². The molecule has 3 aromatic carbocycles. The number of anilines is 3. The Morgan fingerprint density at radius 3 is 2.18 bits per heavy atom. The minimum atomic E-state index is -0.639. The molecule has 0 aliphatic carbocycles. The fraction of sp³-hybridized carbons (Fsp3) is 0.0417. The molecule has 1 aliphatic rings. The first-order valence-corrected chi connectivity index (χ1v) is 11.3. The van der Waals surface area contributed by atoms with Gasteiger partial charge in [0, 0.05) is 26.4 Å². The molecule has 4 rings (SSSR count). The van der Waals surface area contributed by atoms with Gasteiger partial charge in [-0.1, -0.05) is 45.2 Å². The van der Waals surface area contributed by atoms with Gasteiger partial charge in [0.1, 0.15) is 10.7 Å². The lowest BCUT2D eigenvalue weighted by Gasteiger charge is -2.18. The van der Waals surface area contributed by atoms with Crippen molar-refractivity contribution in [1.29, 1.82) is 0 Å². The van der Waals surface area contributed by atoms with Gasteiger partial charge in [0.05, 0.1) is 5.69 Å². The van der Waals surface area contributed by atoms with Gasteiger partial charge in [-0.25, -0.2) is 4.90 Å². The SMILES string of the molecule is Cc1c(Cl)cccc1N1C(=O)C(Cl)=C(Nc2ccc(C(=O)Nc3ccc(Br)cc3)cc2)C1=O. The average molecular weight is 545 g/mol. The number of nitrogens with one attached hydrogen (secondary N) is 2. The van der Waals surface area contributed by atoms with Crippen molar-refractivity contribution >= 4 is 73.9 Å². The number of imide groups is 1. The molecule has 1 aliphatic heterocycles. The van der Waals surface area contributed by atoms with E-state index in [4.69, 9.17) is 23.2 Å². The largest absolute Gasteiger partial charge is 0.350 e. The zero-order valence-corrected chi connectivity index (χ0v) is 20.3. The summed E-state index contributed by atoms with van der Waals surface area (Å²) < 4.78 is 0.910. The lowest BCUT2D eigenvalue weighted by molar-refractivity contribution is -0.120. The molecule has 6 nitrogen and oxygen atoms in total. The summed E-state index contributed by atoms with van der Waals surface area (Å²) in [5, 5.41) is 5.90. The fourth-order valence-electron chi connectivity index (χ4n) is 3.25. The van der Waals surface area contributed by atoms with Crippen LogP contribution in [-0.2, 0) is 9.59 Å². The van der Waals surface area contributed by atoms with Crippen LogP contribution in [0.15, 0.2) is 81.9 Å². The van der Waals surface area contributed by atoms with Crippen molar-refractivity contribution in [3.8, 4) is 0 Å². The summed E-state index contributed by atoms with van der Waals surface area (Å²) in [5.41, 5.74) is 2.49. The molecule has 3 amide bonds. The predicted octanol–water partition coefficient (Wildman–Crippen LogP) is 6.10. The van der Waals surface area contributed by atoms with Gasteiger partial charge in [0.25, 0.3) is 17.7 Å². The number of rotatable bonds is 5. The molecular weight excluding hydrogens is 529 g/mol. The highest BCUT2D eigenvalue weighted by Gasteiger charge is 2.39. The Hall–Kier alpha value is -3.13. The van der Waals surface area contributed by atoms with Crippen LogP contribution in [0.4, 0.5) is 17.1 Å². The van der Waals surface area contributed by atoms with Gasteiger partial charge in [0.15, 0.2) is 0 Å². The molecular formula is C24H16BrCl2N3O3. The summed E-state index contributed by atoms with van der Waals surface area (Å²) in [7, 11) is 0. The van der Waals surface area contributed by atoms with Crippen LogP contribution >= 0.6 is 39.1 Å². The van der Waals surface area contributed by atoms with Gasteiger partial charge in [-0.15, -0.1) is 0 Å². The Bertz CT molecular complexity index is 1310. The van der Waals surface area contributed by atoms with Crippen LogP contribution in [0.25, 0.3) is 0 Å². The molecule has 0 unspecified atom stereocenters. The molecule has 2 N–H and O–H groups in total. The lowest BCUT2D eigenvalue weighted by atomic mass is 10.1. The molecule has 0 radical (unpaired) electrons. The van der Waals surface area contributed by atoms with Crippen LogP contribution in [0, 0.1) is 6.92 Å². The second-order valence-electron chi connectivity index (χ2n) is 7.18. The van der Waals surface area contributed by atoms with E-state index < -0.39 is 11.8 Å². The second-order valence-corrected chi connectivity index (χ2v) is 8.88. The molecule has 166 valence electrons. The smallest absolute Gasteiger partial charge is 0.283 e. The number of hydrogen-bond acceptors (Lipinski definition) is 4. The molecule has 0 aromatic heterocycles. The van der Waals surface area contributed by atoms with Crippen LogP contribution in [0.1, 0.15) is 15.9 Å². The maximum absolute atomic E-state index is 13.0. The summed E-state index contributed by atoms with van der Waals surface area (Å²) in [6, 6.07) is 18.6. The number of benzene rings is 3. The van der Waals surface area contributed by atoms with Crippen LogP contribution in [0.5, 0.6) is 0 Å². The quantitative estimate of drug-likeness (QED) is 0.380. The second kappa shape index (κ2) is 9.39. The highest BCUT2D eigenvalue weighted by molar-refractivity contribution is 9.10. The van der Waals surface area contributed by atoms with Gasteiger partial charge in [0.2, 0.25) is 0 Å². The van der Waals surface area contributed by atoms with E-state index in [1.165, 1.54) is 0 Å². The number of carbonyl (C=O) groups excluding carboxylic acids is 3. The average Bonchev–Trinajstić information content (AvgIpc) is 3.01. The standard InChI is InChI=1S/C24H16BrCl2N3O3/c1-13-18(26)3-2-4-19(13)30-23(32)20(27)21(24(30)33)28-16-9-5-14(6-10-16)22(31)29-17-11-7-15(25)8-12-17/h2-12,28H,1H3,(H,29,31). The molecule has 9 heteroatoms. The molecule has 0 atom stereocenters. The number of halogens is 3. The van der Waals surface area contributed by atoms with E-state index in [2.05, 4.69) is 26.6 Å². The van der Waals surface area contributed by atoms with Crippen LogP contribution in [-0.4, -0.2) is 17.7 Å². The van der Waals surface area contributed by atoms with E-state index in [-0.39, 0.29) is 16.6 Å². The molecule has 1 heterocycles. The van der Waals surface area contributed by atoms with Gasteiger partial charge in [-0.2, -0.15) is 0 Å². The summed E-state index contributed by atoms with van der Waals surface area (Å²) in [4.78, 5) is 39.1. The zero-order chi connectivity index (χ0) is 23.7. The van der Waals surface area contributed by atoms with E-state index in [0.29, 0.717) is 33.2 Å². The van der Waals surface area contributed by atoms with Crippen molar-refractivity contribution in [2.75, 3.05) is 15.5 Å². The third kappa shape index (κ3) is 4.66. The number of carbonyl (C=O) groups is 3. The Labute approximate surface area is 208 Å². The molecule has 0 fully saturated rings. The molecule has 3 aromatic rings. The predicted molar refractivity (Wildman–Crippen MR) is 134 cm³/mol. The Morgan fingerprint density at radius 1 is 0.879 bits per heavy atom. The molecule has 0 saturated carbocycles. The van der Waals surface area contributed by atoms with Gasteiger partial charge < -0.3 is 10.6 Å². The topological polar surface area (TPSA) is 78.5 Å². The Balaban J connectivity index is 1.50. The van der Waals surface area contributed by atoms with Crippen LogP contribution in [0.3, 0.4) is 0 Å². The first-order chi connectivity index (χ1) is 15.8. The van der Waals surface area contributed by atoms with Crippen molar-refractivity contribution in [2.45, 2.75) is 6.92 Å². The zero-order valence-electron chi connectivity index (χ0n) is 17.2. The first-order valence-electron chi connectivity index (χ1n) is 9.74. The molecule has 0 bridgehead atoms. The van der Waals surface area contributed by atoms with Crippen LogP contribution < -0.4 is 15.5 Å². The van der Waals surface area contributed by atoms with Gasteiger partial charge in [-0.3, -0.25) is 14.4 Å². The summed E-state index contributed by atoms with van der Waals surface area (Å²) in [6.45, 7) is 1.72. The van der Waals surface area contributed by atoms with E-state index in [1.54, 1.807) is 61.5 Å². The Kier molecular flexibility index (Phi) is 6.56. The lowest BCUT2D eigenvalue weighted by Crippen LogP contribution is -2.32. The molecule has 0 spiro atoms.